The highest BCUT2D eigenvalue weighted by atomic mass is 35.5. The number of hydrogen-bond donors (Lipinski definition) is 2. The summed E-state index contributed by atoms with van der Waals surface area (Å²) in [6, 6.07) is 9.44. The lowest BCUT2D eigenvalue weighted by Gasteiger charge is -2.11. The van der Waals surface area contributed by atoms with Crippen LogP contribution in [0, 0.1) is 0 Å². The molecule has 1 atom stereocenters. The SMILES string of the molecule is Cl.Cl.NC(CC(=O)NCc1nc(C2CC2)cs1)c1ccccc1. The van der Waals surface area contributed by atoms with Gasteiger partial charge >= 0.3 is 0 Å². The Morgan fingerprint density at radius 1 is 1.30 bits per heavy atom. The zero-order valence-electron chi connectivity index (χ0n) is 12.6. The quantitative estimate of drug-likeness (QED) is 0.812. The van der Waals surface area contributed by atoms with E-state index in [-0.39, 0.29) is 36.8 Å². The van der Waals surface area contributed by atoms with Crippen LogP contribution in [-0.2, 0) is 11.3 Å². The predicted molar refractivity (Wildman–Crippen MR) is 98.4 cm³/mol. The van der Waals surface area contributed by atoms with Crippen molar-refractivity contribution in [2.24, 2.45) is 5.73 Å². The Hall–Kier alpha value is -1.14. The van der Waals surface area contributed by atoms with E-state index in [1.54, 1.807) is 11.3 Å². The summed E-state index contributed by atoms with van der Waals surface area (Å²) in [5.41, 5.74) is 8.21. The summed E-state index contributed by atoms with van der Waals surface area (Å²) in [6.45, 7) is 0.498. The van der Waals surface area contributed by atoms with Crippen molar-refractivity contribution in [3.05, 3.63) is 52.0 Å². The zero-order valence-corrected chi connectivity index (χ0v) is 15.1. The van der Waals surface area contributed by atoms with Crippen LogP contribution >= 0.6 is 36.2 Å². The Morgan fingerprint density at radius 3 is 2.65 bits per heavy atom. The smallest absolute Gasteiger partial charge is 0.222 e. The molecule has 1 aromatic carbocycles. The molecule has 1 saturated carbocycles. The number of nitrogens with one attached hydrogen (secondary N) is 1. The van der Waals surface area contributed by atoms with Crippen molar-refractivity contribution in [3.63, 3.8) is 0 Å². The zero-order chi connectivity index (χ0) is 14.7. The van der Waals surface area contributed by atoms with E-state index in [0.717, 1.165) is 10.6 Å². The van der Waals surface area contributed by atoms with Gasteiger partial charge < -0.3 is 11.1 Å². The largest absolute Gasteiger partial charge is 0.350 e. The average molecular weight is 374 g/mol. The third-order valence-electron chi connectivity index (χ3n) is 3.63. The Balaban J connectivity index is 0.00000132. The molecule has 1 aromatic heterocycles. The number of rotatable bonds is 6. The van der Waals surface area contributed by atoms with Crippen LogP contribution in [0.1, 0.15) is 47.5 Å². The number of benzene rings is 1. The molecule has 0 radical (unpaired) electrons. The summed E-state index contributed by atoms with van der Waals surface area (Å²) >= 11 is 1.62. The van der Waals surface area contributed by atoms with E-state index >= 15 is 0 Å². The van der Waals surface area contributed by atoms with E-state index < -0.39 is 0 Å². The minimum Gasteiger partial charge on any atom is -0.350 e. The van der Waals surface area contributed by atoms with E-state index in [0.29, 0.717) is 18.9 Å². The average Bonchev–Trinajstić information content (AvgIpc) is 3.25. The molecule has 0 aliphatic heterocycles. The fraction of sp³-hybridized carbons (Fsp3) is 0.375. The fourth-order valence-corrected chi connectivity index (χ4v) is 3.05. The molecule has 0 saturated heterocycles. The van der Waals surface area contributed by atoms with Crippen LogP contribution in [0.4, 0.5) is 0 Å². The van der Waals surface area contributed by atoms with Gasteiger partial charge in [0.2, 0.25) is 5.91 Å². The number of aromatic nitrogens is 1. The van der Waals surface area contributed by atoms with Crippen LogP contribution in [0.2, 0.25) is 0 Å². The van der Waals surface area contributed by atoms with E-state index in [1.165, 1.54) is 18.5 Å². The lowest BCUT2D eigenvalue weighted by atomic mass is 10.0. The minimum absolute atomic E-state index is 0. The first-order valence-electron chi connectivity index (χ1n) is 7.24. The number of thiazole rings is 1. The first kappa shape index (κ1) is 19.9. The van der Waals surface area contributed by atoms with Gasteiger partial charge in [-0.05, 0) is 18.4 Å². The highest BCUT2D eigenvalue weighted by molar-refractivity contribution is 7.09. The first-order valence-corrected chi connectivity index (χ1v) is 8.12. The van der Waals surface area contributed by atoms with Crippen LogP contribution < -0.4 is 11.1 Å². The molecule has 0 spiro atoms. The lowest BCUT2D eigenvalue weighted by Crippen LogP contribution is -2.27. The van der Waals surface area contributed by atoms with Crippen molar-refractivity contribution in [2.75, 3.05) is 0 Å². The molecule has 1 aliphatic carbocycles. The standard InChI is InChI=1S/C16H19N3OS.2ClH/c17-13(11-4-2-1-3-5-11)8-15(20)18-9-16-19-14(10-21-16)12-6-7-12;;/h1-5,10,12-13H,6-9,17H2,(H,18,20);2*1H. The monoisotopic (exact) mass is 373 g/mol. The second kappa shape index (κ2) is 9.23. The number of carbonyl (C=O) groups is 1. The Labute approximate surface area is 152 Å². The molecule has 126 valence electrons. The fourth-order valence-electron chi connectivity index (χ4n) is 2.24. The molecule has 3 N–H and O–H groups in total. The topological polar surface area (TPSA) is 68.0 Å². The van der Waals surface area contributed by atoms with Crippen molar-refractivity contribution in [2.45, 2.75) is 37.8 Å². The molecule has 3 rings (SSSR count). The maximum atomic E-state index is 11.9. The van der Waals surface area contributed by atoms with Crippen molar-refractivity contribution >= 4 is 42.1 Å². The van der Waals surface area contributed by atoms with Crippen molar-refractivity contribution in [3.8, 4) is 0 Å². The molecule has 7 heteroatoms. The van der Waals surface area contributed by atoms with Gasteiger partial charge in [-0.25, -0.2) is 4.98 Å². The summed E-state index contributed by atoms with van der Waals surface area (Å²) in [6.07, 6.45) is 2.80. The maximum Gasteiger partial charge on any atom is 0.222 e. The van der Waals surface area contributed by atoms with Crippen molar-refractivity contribution < 1.29 is 4.79 Å². The van der Waals surface area contributed by atoms with Gasteiger partial charge in [-0.1, -0.05) is 30.3 Å². The van der Waals surface area contributed by atoms with Gasteiger partial charge in [-0.3, -0.25) is 4.79 Å². The van der Waals surface area contributed by atoms with Gasteiger partial charge in [0, 0.05) is 23.8 Å². The van der Waals surface area contributed by atoms with Gasteiger partial charge in [0.1, 0.15) is 5.01 Å². The van der Waals surface area contributed by atoms with Crippen LogP contribution in [0.15, 0.2) is 35.7 Å². The van der Waals surface area contributed by atoms with E-state index in [9.17, 15) is 4.79 Å². The molecule has 1 aliphatic rings. The highest BCUT2D eigenvalue weighted by Crippen LogP contribution is 2.40. The highest BCUT2D eigenvalue weighted by Gasteiger charge is 2.26. The number of carbonyl (C=O) groups excluding carboxylic acids is 1. The van der Waals surface area contributed by atoms with E-state index in [2.05, 4.69) is 15.7 Å². The first-order chi connectivity index (χ1) is 10.2. The molecule has 1 fully saturated rings. The summed E-state index contributed by atoms with van der Waals surface area (Å²) in [5.74, 6) is 0.631. The normalized spacial score (nSPS) is 14.3. The van der Waals surface area contributed by atoms with Crippen molar-refractivity contribution in [1.29, 1.82) is 0 Å². The molecule has 4 nitrogen and oxygen atoms in total. The molecule has 2 aromatic rings. The lowest BCUT2D eigenvalue weighted by molar-refractivity contribution is -0.121. The second-order valence-electron chi connectivity index (χ2n) is 5.44. The molecular formula is C16H21Cl2N3OS. The summed E-state index contributed by atoms with van der Waals surface area (Å²) in [5, 5.41) is 5.98. The number of nitrogens with zero attached hydrogens (tertiary/aromatic N) is 1. The third kappa shape index (κ3) is 5.77. The van der Waals surface area contributed by atoms with Crippen LogP contribution in [0.3, 0.4) is 0 Å². The molecule has 1 amide bonds. The molecule has 0 bridgehead atoms. The number of amides is 1. The van der Waals surface area contributed by atoms with Gasteiger partial charge in [0.25, 0.3) is 0 Å². The van der Waals surface area contributed by atoms with Crippen LogP contribution in [0.25, 0.3) is 0 Å². The van der Waals surface area contributed by atoms with Gasteiger partial charge in [-0.15, -0.1) is 36.2 Å². The van der Waals surface area contributed by atoms with E-state index in [1.807, 2.05) is 30.3 Å². The number of hydrogen-bond acceptors (Lipinski definition) is 4. The van der Waals surface area contributed by atoms with Gasteiger partial charge in [0.15, 0.2) is 0 Å². The Kier molecular flexibility index (Phi) is 7.99. The molecular weight excluding hydrogens is 353 g/mol. The predicted octanol–water partition coefficient (Wildman–Crippen LogP) is 3.57. The maximum absolute atomic E-state index is 11.9. The second-order valence-corrected chi connectivity index (χ2v) is 6.38. The molecule has 1 heterocycles. The van der Waals surface area contributed by atoms with Crippen LogP contribution in [-0.4, -0.2) is 10.9 Å². The molecule has 23 heavy (non-hydrogen) atoms. The van der Waals surface area contributed by atoms with E-state index in [4.69, 9.17) is 5.73 Å². The summed E-state index contributed by atoms with van der Waals surface area (Å²) < 4.78 is 0. The van der Waals surface area contributed by atoms with Gasteiger partial charge in [-0.2, -0.15) is 0 Å². The third-order valence-corrected chi connectivity index (χ3v) is 4.50. The number of halogens is 2. The Bertz CT molecular complexity index is 617. The van der Waals surface area contributed by atoms with Crippen LogP contribution in [0.5, 0.6) is 0 Å². The Morgan fingerprint density at radius 2 is 2.00 bits per heavy atom. The summed E-state index contributed by atoms with van der Waals surface area (Å²) in [4.78, 5) is 16.5. The van der Waals surface area contributed by atoms with Gasteiger partial charge in [0.05, 0.1) is 12.2 Å². The molecule has 1 unspecified atom stereocenters. The number of nitrogens with two attached hydrogens (primary N) is 1. The minimum atomic E-state index is -0.260. The summed E-state index contributed by atoms with van der Waals surface area (Å²) in [7, 11) is 0. The van der Waals surface area contributed by atoms with Crippen molar-refractivity contribution in [1.82, 2.24) is 10.3 Å².